The first kappa shape index (κ1) is 31.9. The lowest BCUT2D eigenvalue weighted by atomic mass is 9.97. The number of piperidine rings is 1. The number of methoxy groups -OCH3 is 1. The number of hydrogen-bond donors (Lipinski definition) is 4. The number of carbonyl (C=O) groups excluding carboxylic acids is 2. The number of aromatic amines is 2. The number of nitrogens with one attached hydrogen (secondary N) is 4. The second-order valence-corrected chi connectivity index (χ2v) is 14.3. The van der Waals surface area contributed by atoms with Gasteiger partial charge in [-0.05, 0) is 97.5 Å². The van der Waals surface area contributed by atoms with E-state index in [1.165, 1.54) is 7.11 Å². The van der Waals surface area contributed by atoms with Crippen molar-refractivity contribution in [3.63, 3.8) is 0 Å². The molecule has 5 aromatic rings. The molecule has 4 heterocycles. The van der Waals surface area contributed by atoms with Gasteiger partial charge in [0.15, 0.2) is 0 Å². The maximum atomic E-state index is 16.2. The Morgan fingerprint density at radius 3 is 2.47 bits per heavy atom. The van der Waals surface area contributed by atoms with Crippen LogP contribution in [-0.2, 0) is 15.5 Å². The molecule has 2 amide bonds. The van der Waals surface area contributed by atoms with Crippen molar-refractivity contribution in [3.05, 3.63) is 83.6 Å². The maximum absolute atomic E-state index is 16.2. The summed E-state index contributed by atoms with van der Waals surface area (Å²) in [5.74, 6) is -1.51. The quantitative estimate of drug-likeness (QED) is 0.141. The van der Waals surface area contributed by atoms with Gasteiger partial charge in [-0.3, -0.25) is 4.79 Å². The minimum atomic E-state index is -3.17. The highest BCUT2D eigenvalue weighted by atomic mass is 19.3. The summed E-state index contributed by atoms with van der Waals surface area (Å²) in [4.78, 5) is 43.9. The number of nitrogens with zero attached hydrogens (tertiary/aromatic N) is 3. The number of rotatable bonds is 7. The smallest absolute Gasteiger partial charge is 0.407 e. The monoisotopic (exact) mass is 691 g/mol. The highest BCUT2D eigenvalue weighted by Gasteiger charge is 2.51. The summed E-state index contributed by atoms with van der Waals surface area (Å²) >= 11 is 0. The van der Waals surface area contributed by atoms with Crippen LogP contribution in [0.4, 0.5) is 13.6 Å². The van der Waals surface area contributed by atoms with E-state index >= 15 is 8.78 Å². The molecular formula is C39H39F2N7O3. The molecular weight excluding hydrogens is 652 g/mol. The van der Waals surface area contributed by atoms with Gasteiger partial charge in [0, 0.05) is 22.7 Å². The number of amides is 2. The molecule has 2 bridgehead atoms. The van der Waals surface area contributed by atoms with Crippen LogP contribution >= 0.6 is 0 Å². The molecule has 9 rings (SSSR count). The van der Waals surface area contributed by atoms with Gasteiger partial charge in [-0.2, -0.15) is 8.78 Å². The summed E-state index contributed by atoms with van der Waals surface area (Å²) in [6.07, 6.45) is 6.42. The molecule has 2 aliphatic heterocycles. The summed E-state index contributed by atoms with van der Waals surface area (Å²) < 4.78 is 37.2. The van der Waals surface area contributed by atoms with E-state index in [0.717, 1.165) is 66.8 Å². The number of hydrogen-bond acceptors (Lipinski definition) is 6. The van der Waals surface area contributed by atoms with Gasteiger partial charge in [0.1, 0.15) is 17.7 Å². The van der Waals surface area contributed by atoms with E-state index < -0.39 is 18.1 Å². The largest absolute Gasteiger partial charge is 0.453 e. The number of alkyl halides is 2. The van der Waals surface area contributed by atoms with Gasteiger partial charge in [-0.15, -0.1) is 0 Å². The number of imidazole rings is 2. The van der Waals surface area contributed by atoms with Crippen LogP contribution in [0.2, 0.25) is 0 Å². The highest BCUT2D eigenvalue weighted by molar-refractivity contribution is 5.88. The van der Waals surface area contributed by atoms with E-state index in [9.17, 15) is 9.59 Å². The number of fused-ring (bicyclic) bond motifs is 6. The number of likely N-dealkylation sites (tertiary alicyclic amines) is 1. The Morgan fingerprint density at radius 1 is 0.980 bits per heavy atom. The number of aromatic nitrogens is 4. The molecule has 51 heavy (non-hydrogen) atoms. The van der Waals surface area contributed by atoms with E-state index in [1.807, 2.05) is 42.2 Å². The van der Waals surface area contributed by atoms with Crippen LogP contribution in [0, 0.1) is 5.92 Å². The van der Waals surface area contributed by atoms with E-state index in [2.05, 4.69) is 25.6 Å². The fourth-order valence-corrected chi connectivity index (χ4v) is 8.87. The van der Waals surface area contributed by atoms with Crippen molar-refractivity contribution in [1.29, 1.82) is 0 Å². The molecule has 3 fully saturated rings. The first-order valence-electron chi connectivity index (χ1n) is 17.9. The van der Waals surface area contributed by atoms with Crippen LogP contribution in [0.5, 0.6) is 0 Å². The number of benzene rings is 3. The molecule has 1 unspecified atom stereocenters. The van der Waals surface area contributed by atoms with Crippen LogP contribution in [0.15, 0.2) is 60.8 Å². The number of H-pyrrole nitrogens is 2. The number of alkyl carbamates (subject to hydrolysis) is 1. The number of carbonyl (C=O) groups is 2. The van der Waals surface area contributed by atoms with Gasteiger partial charge in [0.25, 0.3) is 5.92 Å². The highest BCUT2D eigenvalue weighted by Crippen LogP contribution is 2.53. The minimum Gasteiger partial charge on any atom is -0.453 e. The Labute approximate surface area is 293 Å². The SMILES string of the molecule is CCC(NC(=O)OC)C(=O)N1[C@@H]2CC[C@@H](C2)[C@H]1c1nc2ccc(-c3ccc4c(c3)C(F)(F)c3cc(-c5cnc([C@@H]6CCCN6)[nH]5)ccc3-4)cc2[nH]1. The predicted molar refractivity (Wildman–Crippen MR) is 188 cm³/mol. The topological polar surface area (TPSA) is 128 Å². The van der Waals surface area contributed by atoms with Gasteiger partial charge in [-0.25, -0.2) is 14.8 Å². The molecule has 12 heteroatoms. The summed E-state index contributed by atoms with van der Waals surface area (Å²) in [7, 11) is 1.28. The minimum absolute atomic E-state index is 0.00647. The summed E-state index contributed by atoms with van der Waals surface area (Å²) in [6, 6.07) is 15.6. The van der Waals surface area contributed by atoms with Gasteiger partial charge >= 0.3 is 6.09 Å². The van der Waals surface area contributed by atoms with Gasteiger partial charge < -0.3 is 30.2 Å². The van der Waals surface area contributed by atoms with Crippen molar-refractivity contribution < 1.29 is 23.1 Å². The molecule has 10 nitrogen and oxygen atoms in total. The maximum Gasteiger partial charge on any atom is 0.407 e. The number of halogens is 2. The van der Waals surface area contributed by atoms with Crippen molar-refractivity contribution in [1.82, 2.24) is 35.5 Å². The standard InChI is InChI=1S/C39H39F2N7O3/c1-3-29(47-38(50)51-2)37(49)48-24-10-6-23(15-24)34(48)36-44-30-13-9-21(18-32(30)45-36)20-7-11-25-26-12-8-22(17-28(26)39(40,41)27(25)16-20)33-19-43-35(46-33)31-5-4-14-42-31/h7-9,11-13,16-19,23-24,29,31,34,42H,3-6,10,14-15H2,1-2H3,(H,43,46)(H,44,45)(H,47,50)/t23-,24+,29?,31-,34-/m0/s1. The summed E-state index contributed by atoms with van der Waals surface area (Å²) in [6.45, 7) is 2.81. The van der Waals surface area contributed by atoms with Crippen molar-refractivity contribution in [2.24, 2.45) is 5.92 Å². The first-order valence-corrected chi connectivity index (χ1v) is 17.9. The van der Waals surface area contributed by atoms with E-state index in [1.54, 1.807) is 30.5 Å². The van der Waals surface area contributed by atoms with E-state index in [-0.39, 0.29) is 41.1 Å². The average Bonchev–Trinajstić information content (AvgIpc) is 4.01. The van der Waals surface area contributed by atoms with Crippen LogP contribution in [0.1, 0.15) is 80.3 Å². The van der Waals surface area contributed by atoms with Gasteiger partial charge in [0.05, 0.1) is 42.1 Å². The molecule has 2 aliphatic carbocycles. The molecule has 4 aliphatic rings. The Balaban J connectivity index is 0.998. The number of ether oxygens (including phenoxy) is 1. The fourth-order valence-electron chi connectivity index (χ4n) is 8.87. The molecule has 1 saturated carbocycles. The van der Waals surface area contributed by atoms with E-state index in [0.29, 0.717) is 34.5 Å². The Bertz CT molecular complexity index is 2190. The van der Waals surface area contributed by atoms with Crippen molar-refractivity contribution in [2.75, 3.05) is 13.7 Å². The Hall–Kier alpha value is -5.10. The lowest BCUT2D eigenvalue weighted by Gasteiger charge is -2.36. The van der Waals surface area contributed by atoms with E-state index in [4.69, 9.17) is 9.72 Å². The van der Waals surface area contributed by atoms with Gasteiger partial charge in [-0.1, -0.05) is 37.3 Å². The lowest BCUT2D eigenvalue weighted by Crippen LogP contribution is -2.51. The zero-order valence-electron chi connectivity index (χ0n) is 28.4. The molecule has 0 radical (unpaired) electrons. The molecule has 2 saturated heterocycles. The van der Waals surface area contributed by atoms with Crippen LogP contribution in [-0.4, -0.2) is 62.6 Å². The zero-order chi connectivity index (χ0) is 35.0. The average molecular weight is 692 g/mol. The van der Waals surface area contributed by atoms with Crippen LogP contribution in [0.3, 0.4) is 0 Å². The lowest BCUT2D eigenvalue weighted by molar-refractivity contribution is -0.138. The van der Waals surface area contributed by atoms with Crippen molar-refractivity contribution in [3.8, 4) is 33.5 Å². The first-order chi connectivity index (χ1) is 24.7. The third-order valence-corrected chi connectivity index (χ3v) is 11.4. The zero-order valence-corrected chi connectivity index (χ0v) is 28.4. The second-order valence-electron chi connectivity index (χ2n) is 14.3. The third kappa shape index (κ3) is 5.13. The molecule has 0 spiro atoms. The molecule has 262 valence electrons. The Morgan fingerprint density at radius 2 is 1.73 bits per heavy atom. The molecule has 5 atom stereocenters. The van der Waals surface area contributed by atoms with Crippen molar-refractivity contribution in [2.45, 2.75) is 75.5 Å². The fraction of sp³-hybridized carbons (Fsp3) is 0.385. The van der Waals surface area contributed by atoms with Crippen molar-refractivity contribution >= 4 is 23.0 Å². The predicted octanol–water partition coefficient (Wildman–Crippen LogP) is 7.35. The third-order valence-electron chi connectivity index (χ3n) is 11.4. The molecule has 4 N–H and O–H groups in total. The van der Waals surface area contributed by atoms with Crippen LogP contribution < -0.4 is 10.6 Å². The summed E-state index contributed by atoms with van der Waals surface area (Å²) in [5, 5.41) is 6.11. The molecule has 2 aromatic heterocycles. The van der Waals surface area contributed by atoms with Crippen LogP contribution in [0.25, 0.3) is 44.5 Å². The Kier molecular flexibility index (Phi) is 7.50. The van der Waals surface area contributed by atoms with Gasteiger partial charge in [0.2, 0.25) is 5.91 Å². The molecule has 3 aromatic carbocycles. The normalized spacial score (nSPS) is 23.4. The second kappa shape index (κ2) is 12.0. The summed E-state index contributed by atoms with van der Waals surface area (Å²) in [5.41, 5.74) is 5.42.